The van der Waals surface area contributed by atoms with Crippen LogP contribution in [-0.4, -0.2) is 121 Å². The van der Waals surface area contributed by atoms with Crippen molar-refractivity contribution >= 4 is 22.5 Å². The highest BCUT2D eigenvalue weighted by molar-refractivity contribution is 6.11. The van der Waals surface area contributed by atoms with Crippen LogP contribution in [-0.2, 0) is 14.2 Å². The van der Waals surface area contributed by atoms with Gasteiger partial charge >= 0.3 is 5.97 Å². The number of carboxylic acids is 1. The molecule has 5 aliphatic heterocycles. The lowest BCUT2D eigenvalue weighted by Gasteiger charge is -2.72. The first kappa shape index (κ1) is 55.9. The number of carbonyl (C=O) groups excluding carboxylic acids is 1. The average molecular weight is 1180 g/mol. The Morgan fingerprint density at radius 2 is 1.63 bits per heavy atom. The minimum absolute atomic E-state index is 0.000861. The van der Waals surface area contributed by atoms with E-state index in [2.05, 4.69) is 28.8 Å². The number of ether oxygens (including phenoxy) is 4. The smallest absolute Gasteiger partial charge is 0.335 e. The van der Waals surface area contributed by atoms with Crippen molar-refractivity contribution in [3.05, 3.63) is 51.6 Å². The van der Waals surface area contributed by atoms with E-state index in [9.17, 15) is 45.3 Å². The molecule has 18 atom stereocenters. The largest absolute Gasteiger partial charge is 0.507 e. The second-order valence-corrected chi connectivity index (χ2v) is 32.3. The van der Waals surface area contributed by atoms with Crippen molar-refractivity contribution in [3.8, 4) is 29.1 Å². The molecule has 18 unspecified atom stereocenters. The van der Waals surface area contributed by atoms with Gasteiger partial charge in [-0.15, -0.1) is 0 Å². The molecule has 9 saturated carbocycles. The van der Waals surface area contributed by atoms with Crippen molar-refractivity contribution in [3.63, 3.8) is 0 Å². The number of ketones is 1. The summed E-state index contributed by atoms with van der Waals surface area (Å²) in [4.78, 5) is 26.1. The summed E-state index contributed by atoms with van der Waals surface area (Å²) >= 11 is 0. The van der Waals surface area contributed by atoms with Gasteiger partial charge in [0.2, 0.25) is 6.29 Å². The summed E-state index contributed by atoms with van der Waals surface area (Å²) in [6.07, 6.45) is 26.2. The van der Waals surface area contributed by atoms with Crippen LogP contribution < -0.4 is 15.6 Å². The number of aromatic carboxylic acids is 1. The lowest BCUT2D eigenvalue weighted by atomic mass is 9.38. The van der Waals surface area contributed by atoms with Crippen LogP contribution in [0.25, 0.3) is 10.8 Å². The Hall–Kier alpha value is -4.08. The number of carbonyl (C=O) groups is 2. The van der Waals surface area contributed by atoms with Crippen LogP contribution in [0.15, 0.2) is 34.9 Å². The molecular weight excluding hydrogens is 1090 g/mol. The summed E-state index contributed by atoms with van der Waals surface area (Å²) in [6.45, 7) is 3.07. The molecule has 15 heteroatoms. The summed E-state index contributed by atoms with van der Waals surface area (Å²) in [6, 6.07) is 2.59. The Morgan fingerprint density at radius 3 is 2.43 bits per heavy atom. The van der Waals surface area contributed by atoms with E-state index in [1.54, 1.807) is 0 Å². The summed E-state index contributed by atoms with van der Waals surface area (Å²) in [7, 11) is 0. The highest BCUT2D eigenvalue weighted by atomic mass is 16.7. The van der Waals surface area contributed by atoms with E-state index < -0.39 is 76.1 Å². The zero-order valence-corrected chi connectivity index (χ0v) is 50.6. The Morgan fingerprint density at radius 1 is 0.826 bits per heavy atom. The van der Waals surface area contributed by atoms with Gasteiger partial charge in [0.25, 0.3) is 0 Å². The number of benzene rings is 2. The van der Waals surface area contributed by atoms with Gasteiger partial charge in [-0.3, -0.25) is 15.6 Å². The zero-order chi connectivity index (χ0) is 59.0. The molecule has 2 aromatic carbocycles. The molecular formula is C71H90N2O13. The number of nitrogens with one attached hydrogen (secondary N) is 2. The maximum Gasteiger partial charge on any atom is 0.335 e. The van der Waals surface area contributed by atoms with Crippen molar-refractivity contribution in [1.29, 1.82) is 0 Å². The van der Waals surface area contributed by atoms with Gasteiger partial charge in [0.05, 0.1) is 35.3 Å². The number of hydrogen-bond acceptors (Lipinski definition) is 14. The monoisotopic (exact) mass is 1180 g/mol. The molecule has 17 rings (SSSR count). The standard InChI is InChI=1S/C71H90N2O13/c1-40-51(41(2)76)55(78)52-45(54(40)77)27-42(59(81)82)28-49(52)84-60-56(79)58(80)71-30-48-53-46(11-12-47(53)68(86-71)19-7-15-62(35-68)21-23-63(33-62)16-5-9-44(63)10-6-20-69(71,38-75)85-60)67(25-26-74)39-83-32-43-29-64-36-66(31-50(64)72-73-70(48,37-64)57(43)67)18-8-17-65(66)24-22-61(34-65)13-3-4-14-61/h11,27-28,43-44,48,50,56-58,60,72-75,77-80H,3-5,7-10,12-19,21-26,29-39H2,1-2H3,(H,81,82). The number of rotatable bonds is 7. The maximum atomic E-state index is 14.1. The number of hydrogen-bond donors (Lipinski definition) is 9. The molecule has 9 spiro atoms. The Balaban J connectivity index is 0.865. The quantitative estimate of drug-likeness (QED) is 0.0713. The molecule has 10 aliphatic carbocycles. The van der Waals surface area contributed by atoms with Gasteiger partial charge in [0, 0.05) is 53.5 Å². The fourth-order valence-electron chi connectivity index (χ4n) is 26.2. The molecule has 6 bridgehead atoms. The molecule has 3 saturated heterocycles. The van der Waals surface area contributed by atoms with E-state index in [1.165, 1.54) is 107 Å². The maximum absolute atomic E-state index is 14.1. The first-order valence-corrected chi connectivity index (χ1v) is 33.7. The van der Waals surface area contributed by atoms with E-state index in [-0.39, 0.29) is 91.7 Å². The third kappa shape index (κ3) is 6.93. The van der Waals surface area contributed by atoms with E-state index in [0.29, 0.717) is 62.1 Å². The van der Waals surface area contributed by atoms with E-state index >= 15 is 0 Å². The molecule has 2 aromatic rings. The van der Waals surface area contributed by atoms with Crippen LogP contribution in [0.1, 0.15) is 213 Å². The Bertz CT molecular complexity index is 3430. The van der Waals surface area contributed by atoms with Crippen molar-refractivity contribution < 1.29 is 64.3 Å². The van der Waals surface area contributed by atoms with E-state index in [0.717, 1.165) is 76.7 Å². The van der Waals surface area contributed by atoms with Gasteiger partial charge in [0.15, 0.2) is 11.4 Å². The Kier molecular flexibility index (Phi) is 11.9. The Labute approximate surface area is 504 Å². The molecule has 0 radical (unpaired) electrons. The number of fused-ring (bicyclic) bond motifs is 3. The van der Waals surface area contributed by atoms with E-state index in [4.69, 9.17) is 18.9 Å². The second-order valence-electron chi connectivity index (χ2n) is 32.3. The molecule has 0 amide bonds. The molecule has 15 nitrogen and oxygen atoms in total. The van der Waals surface area contributed by atoms with Crippen molar-refractivity contribution in [2.75, 3.05) is 26.4 Å². The second kappa shape index (κ2) is 18.3. The third-order valence-corrected chi connectivity index (χ3v) is 29.0. The number of aliphatic hydroxyl groups excluding tert-OH is 4. The van der Waals surface area contributed by atoms with Gasteiger partial charge in [-0.1, -0.05) is 43.6 Å². The molecule has 9 N–H and O–H groups in total. The topological polar surface area (TPSA) is 237 Å². The minimum Gasteiger partial charge on any atom is -0.507 e. The molecule has 0 aromatic heterocycles. The number of aromatic hydroxyl groups is 2. The highest BCUT2D eigenvalue weighted by Gasteiger charge is 2.80. The zero-order valence-electron chi connectivity index (χ0n) is 50.6. The number of carboxylic acid groups (broad SMARTS) is 1. The predicted molar refractivity (Wildman–Crippen MR) is 317 cm³/mol. The SMILES string of the molecule is CC(=O)c1c(C)c(O)c2cc(C(=O)O)cc(OC3OC4(CO)C#CCC5CCCC56CCC5(CCCC7(C5)OC4(CC4C5=C7CC=C5C5(CCO)COCC7CC89CC4(NNC8CC4(CCCC48CCC4(CCCC4)C8)C9)C75)C(O)C3O)C6)c2c1O. The fourth-order valence-corrected chi connectivity index (χ4v) is 26.2. The summed E-state index contributed by atoms with van der Waals surface area (Å²) in [5.74, 6) is 4.11. The number of aliphatic hydroxyl groups is 4. The van der Waals surface area contributed by atoms with Gasteiger partial charge in [-0.2, -0.15) is 0 Å². The van der Waals surface area contributed by atoms with Crippen molar-refractivity contribution in [2.24, 2.45) is 61.6 Å². The van der Waals surface area contributed by atoms with Gasteiger partial charge in [-0.05, 0) is 241 Å². The first-order chi connectivity index (χ1) is 41.3. The predicted octanol–water partition coefficient (Wildman–Crippen LogP) is 10.1. The number of phenolic OH excluding ortho intramolecular Hbond substituents is 2. The minimum atomic E-state index is -2.08. The van der Waals surface area contributed by atoms with Crippen LogP contribution in [0.2, 0.25) is 0 Å². The normalized spacial score (nSPS) is 47.7. The van der Waals surface area contributed by atoms with Gasteiger partial charge in [-0.25, -0.2) is 4.79 Å². The average Bonchev–Trinajstić information content (AvgIpc) is 1.36. The summed E-state index contributed by atoms with van der Waals surface area (Å²) < 4.78 is 29.6. The van der Waals surface area contributed by atoms with Crippen LogP contribution in [0.3, 0.4) is 0 Å². The van der Waals surface area contributed by atoms with Crippen LogP contribution in [0.4, 0.5) is 0 Å². The van der Waals surface area contributed by atoms with Crippen molar-refractivity contribution in [2.45, 2.75) is 241 Å². The lowest BCUT2D eigenvalue weighted by molar-refractivity contribution is -0.370. The number of allylic oxidation sites excluding steroid dienone is 1. The van der Waals surface area contributed by atoms with Gasteiger partial charge < -0.3 is 54.7 Å². The van der Waals surface area contributed by atoms with Crippen LogP contribution in [0.5, 0.6) is 17.2 Å². The van der Waals surface area contributed by atoms with Crippen LogP contribution >= 0.6 is 0 Å². The van der Waals surface area contributed by atoms with Gasteiger partial charge in [0.1, 0.15) is 35.1 Å². The molecule has 12 fully saturated rings. The number of phenols is 2. The van der Waals surface area contributed by atoms with E-state index in [1.807, 2.05) is 0 Å². The van der Waals surface area contributed by atoms with Crippen LogP contribution in [0, 0.1) is 80.3 Å². The number of Topliss-reactive ketones (excluding diaryl/α,β-unsaturated/α-hetero) is 1. The first-order valence-electron chi connectivity index (χ1n) is 33.7. The lowest BCUT2D eigenvalue weighted by Crippen LogP contribution is -2.82. The fraction of sp³-hybridized carbons (Fsp3) is 0.746. The third-order valence-electron chi connectivity index (χ3n) is 29.0. The molecule has 5 heterocycles. The molecule has 15 aliphatic rings. The summed E-state index contributed by atoms with van der Waals surface area (Å²) in [5.41, 5.74) is 6.60. The molecule has 86 heavy (non-hydrogen) atoms. The molecule has 462 valence electrons. The van der Waals surface area contributed by atoms with Crippen molar-refractivity contribution in [1.82, 2.24) is 10.9 Å². The number of hydrazine groups is 1. The summed E-state index contributed by atoms with van der Waals surface area (Å²) in [5, 5.41) is 85.8. The highest BCUT2D eigenvalue weighted by Crippen LogP contribution is 2.81.